The van der Waals surface area contributed by atoms with Gasteiger partial charge in [-0.05, 0) is 38.1 Å². The molecule has 0 fully saturated rings. The first kappa shape index (κ1) is 16.6. The standard InChI is InChI=1S/C8H6O4.C5H11NO/c9-7(10)5-1-2-6(4-3-5)8(11)12;1-3-6(4-2)5-7/h1-4H,(H,9,10)(H,11,12);5H,3-4H2,1-2H3. The molecule has 0 unspecified atom stereocenters. The molecule has 1 amide bonds. The zero-order valence-corrected chi connectivity index (χ0v) is 10.9. The van der Waals surface area contributed by atoms with Gasteiger partial charge in [-0.25, -0.2) is 9.59 Å². The van der Waals surface area contributed by atoms with Crippen molar-refractivity contribution in [2.45, 2.75) is 13.8 Å². The van der Waals surface area contributed by atoms with Crippen molar-refractivity contribution >= 4 is 18.3 Å². The maximum atomic E-state index is 10.3. The fourth-order valence-corrected chi connectivity index (χ4v) is 1.13. The fraction of sp³-hybridized carbons (Fsp3) is 0.308. The molecule has 104 valence electrons. The molecule has 0 radical (unpaired) electrons. The highest BCUT2D eigenvalue weighted by atomic mass is 16.4. The number of aromatic carboxylic acids is 2. The summed E-state index contributed by atoms with van der Waals surface area (Å²) < 4.78 is 0. The van der Waals surface area contributed by atoms with E-state index < -0.39 is 11.9 Å². The summed E-state index contributed by atoms with van der Waals surface area (Å²) in [7, 11) is 0. The normalized spacial score (nSPS) is 8.95. The molecular weight excluding hydrogens is 250 g/mol. The molecule has 1 aromatic carbocycles. The number of hydrogen-bond acceptors (Lipinski definition) is 3. The van der Waals surface area contributed by atoms with Crippen LogP contribution in [0.15, 0.2) is 24.3 Å². The molecule has 1 aromatic rings. The van der Waals surface area contributed by atoms with Gasteiger partial charge in [0.15, 0.2) is 0 Å². The van der Waals surface area contributed by atoms with Crippen LogP contribution in [0.25, 0.3) is 0 Å². The minimum Gasteiger partial charge on any atom is -0.478 e. The molecule has 19 heavy (non-hydrogen) atoms. The second-order valence-corrected chi connectivity index (χ2v) is 3.51. The van der Waals surface area contributed by atoms with E-state index in [4.69, 9.17) is 10.2 Å². The third-order valence-electron chi connectivity index (χ3n) is 2.34. The summed E-state index contributed by atoms with van der Waals surface area (Å²) >= 11 is 0. The number of hydrogen-bond donors (Lipinski definition) is 2. The van der Waals surface area contributed by atoms with Crippen molar-refractivity contribution in [3.8, 4) is 0 Å². The average Bonchev–Trinajstić information content (AvgIpc) is 2.41. The van der Waals surface area contributed by atoms with Crippen LogP contribution in [0.5, 0.6) is 0 Å². The summed E-state index contributed by atoms with van der Waals surface area (Å²) in [4.78, 5) is 32.3. The van der Waals surface area contributed by atoms with Crippen molar-refractivity contribution in [1.29, 1.82) is 0 Å². The van der Waals surface area contributed by atoms with Crippen molar-refractivity contribution in [2.24, 2.45) is 0 Å². The Morgan fingerprint density at radius 1 is 1.00 bits per heavy atom. The van der Waals surface area contributed by atoms with Crippen molar-refractivity contribution in [3.05, 3.63) is 35.4 Å². The summed E-state index contributed by atoms with van der Waals surface area (Å²) in [6, 6.07) is 5.02. The molecule has 1 rings (SSSR count). The SMILES string of the molecule is CCN(C=O)CC.O=C(O)c1ccc(C(=O)O)cc1. The van der Waals surface area contributed by atoms with Gasteiger partial charge in [0.05, 0.1) is 11.1 Å². The monoisotopic (exact) mass is 267 g/mol. The van der Waals surface area contributed by atoms with E-state index in [1.54, 1.807) is 4.90 Å². The van der Waals surface area contributed by atoms with Crippen LogP contribution >= 0.6 is 0 Å². The van der Waals surface area contributed by atoms with E-state index in [0.717, 1.165) is 19.5 Å². The Hall–Kier alpha value is -2.37. The highest BCUT2D eigenvalue weighted by molar-refractivity contribution is 5.91. The third-order valence-corrected chi connectivity index (χ3v) is 2.34. The first-order valence-electron chi connectivity index (χ1n) is 5.72. The maximum absolute atomic E-state index is 10.3. The molecule has 0 aliphatic carbocycles. The van der Waals surface area contributed by atoms with E-state index in [1.165, 1.54) is 24.3 Å². The van der Waals surface area contributed by atoms with Gasteiger partial charge in [0, 0.05) is 13.1 Å². The molecular formula is C13H17NO5. The van der Waals surface area contributed by atoms with E-state index >= 15 is 0 Å². The predicted octanol–water partition coefficient (Wildman–Crippen LogP) is 1.57. The minimum absolute atomic E-state index is 0.0833. The van der Waals surface area contributed by atoms with Crippen molar-refractivity contribution in [2.75, 3.05) is 13.1 Å². The number of benzene rings is 1. The zero-order valence-electron chi connectivity index (χ0n) is 10.9. The van der Waals surface area contributed by atoms with Gasteiger partial charge < -0.3 is 15.1 Å². The highest BCUT2D eigenvalue weighted by Gasteiger charge is 2.04. The molecule has 0 saturated heterocycles. The van der Waals surface area contributed by atoms with Crippen LogP contribution in [0.3, 0.4) is 0 Å². The Morgan fingerprint density at radius 2 is 1.32 bits per heavy atom. The van der Waals surface area contributed by atoms with E-state index in [0.29, 0.717) is 0 Å². The van der Waals surface area contributed by atoms with E-state index in [1.807, 2.05) is 13.8 Å². The zero-order chi connectivity index (χ0) is 14.8. The van der Waals surface area contributed by atoms with Crippen molar-refractivity contribution < 1.29 is 24.6 Å². The molecule has 0 heterocycles. The van der Waals surface area contributed by atoms with Crippen LogP contribution in [0, 0.1) is 0 Å². The van der Waals surface area contributed by atoms with Gasteiger partial charge in [-0.15, -0.1) is 0 Å². The van der Waals surface area contributed by atoms with Gasteiger partial charge in [-0.2, -0.15) is 0 Å². The lowest BCUT2D eigenvalue weighted by Crippen LogP contribution is -2.19. The van der Waals surface area contributed by atoms with E-state index in [9.17, 15) is 14.4 Å². The van der Waals surface area contributed by atoms with Crippen LogP contribution in [0.1, 0.15) is 34.6 Å². The van der Waals surface area contributed by atoms with Crippen LogP contribution in [0.4, 0.5) is 0 Å². The summed E-state index contributed by atoms with van der Waals surface area (Å²) in [5.41, 5.74) is 0.167. The van der Waals surface area contributed by atoms with Gasteiger partial charge in [-0.3, -0.25) is 4.79 Å². The summed E-state index contributed by atoms with van der Waals surface area (Å²) in [6.45, 7) is 5.55. The molecule has 0 spiro atoms. The third kappa shape index (κ3) is 6.21. The van der Waals surface area contributed by atoms with Gasteiger partial charge in [-0.1, -0.05) is 0 Å². The Morgan fingerprint density at radius 3 is 1.42 bits per heavy atom. The van der Waals surface area contributed by atoms with E-state index in [-0.39, 0.29) is 11.1 Å². The Kier molecular flexibility index (Phi) is 7.60. The van der Waals surface area contributed by atoms with Gasteiger partial charge >= 0.3 is 11.9 Å². The second-order valence-electron chi connectivity index (χ2n) is 3.51. The molecule has 6 heteroatoms. The number of rotatable bonds is 5. The minimum atomic E-state index is -1.06. The lowest BCUT2D eigenvalue weighted by Gasteiger charge is -2.08. The van der Waals surface area contributed by atoms with Crippen LogP contribution in [0.2, 0.25) is 0 Å². The summed E-state index contributed by atoms with van der Waals surface area (Å²) in [5.74, 6) is -2.13. The first-order chi connectivity index (χ1) is 8.96. The Bertz CT molecular complexity index is 390. The molecule has 0 atom stereocenters. The molecule has 0 bridgehead atoms. The van der Waals surface area contributed by atoms with Gasteiger partial charge in [0.2, 0.25) is 6.41 Å². The summed E-state index contributed by atoms with van der Waals surface area (Å²) in [5, 5.41) is 16.9. The summed E-state index contributed by atoms with van der Waals surface area (Å²) in [6.07, 6.45) is 0.861. The quantitative estimate of drug-likeness (QED) is 0.789. The van der Waals surface area contributed by atoms with Crippen LogP contribution in [-0.2, 0) is 4.79 Å². The van der Waals surface area contributed by atoms with Gasteiger partial charge in [0.25, 0.3) is 0 Å². The Balaban J connectivity index is 0.000000399. The number of amides is 1. The molecule has 0 aliphatic rings. The molecule has 6 nitrogen and oxygen atoms in total. The number of carbonyl (C=O) groups is 3. The van der Waals surface area contributed by atoms with Crippen LogP contribution in [-0.4, -0.2) is 46.6 Å². The topological polar surface area (TPSA) is 94.9 Å². The lowest BCUT2D eigenvalue weighted by atomic mass is 10.1. The fourth-order valence-electron chi connectivity index (χ4n) is 1.13. The van der Waals surface area contributed by atoms with Crippen LogP contribution < -0.4 is 0 Å². The van der Waals surface area contributed by atoms with Gasteiger partial charge in [0.1, 0.15) is 0 Å². The van der Waals surface area contributed by atoms with Crippen molar-refractivity contribution in [1.82, 2.24) is 4.90 Å². The number of carbonyl (C=O) groups excluding carboxylic acids is 1. The maximum Gasteiger partial charge on any atom is 0.335 e. The van der Waals surface area contributed by atoms with Crippen molar-refractivity contribution in [3.63, 3.8) is 0 Å². The average molecular weight is 267 g/mol. The predicted molar refractivity (Wildman–Crippen MR) is 69.3 cm³/mol. The molecule has 0 aromatic heterocycles. The smallest absolute Gasteiger partial charge is 0.335 e. The lowest BCUT2D eigenvalue weighted by molar-refractivity contribution is -0.117. The highest BCUT2D eigenvalue weighted by Crippen LogP contribution is 2.03. The molecule has 0 saturated carbocycles. The molecule has 2 N–H and O–H groups in total. The number of nitrogens with zero attached hydrogens (tertiary/aromatic N) is 1. The molecule has 0 aliphatic heterocycles. The second kappa shape index (κ2) is 8.68. The number of carboxylic acid groups (broad SMARTS) is 2. The first-order valence-corrected chi connectivity index (χ1v) is 5.72. The number of carboxylic acids is 2. The van der Waals surface area contributed by atoms with E-state index in [2.05, 4.69) is 0 Å². The largest absolute Gasteiger partial charge is 0.478 e. The Labute approximate surface area is 111 Å².